The largest absolute Gasteiger partial charge is 0.477 e. The number of likely N-dealkylation sites (tertiary alicyclic amines) is 1. The number of rotatable bonds is 13. The molecule has 6 rings (SSSR count). The van der Waals surface area contributed by atoms with Crippen LogP contribution in [0.25, 0.3) is 22.2 Å². The van der Waals surface area contributed by atoms with Gasteiger partial charge in [-0.3, -0.25) is 4.79 Å². The van der Waals surface area contributed by atoms with Crippen molar-refractivity contribution in [3.8, 4) is 17.0 Å². The molecule has 3 heterocycles. The van der Waals surface area contributed by atoms with E-state index in [0.717, 1.165) is 72.5 Å². The highest BCUT2D eigenvalue weighted by molar-refractivity contribution is 5.78. The fourth-order valence-electron chi connectivity index (χ4n) is 6.11. The van der Waals surface area contributed by atoms with E-state index in [1.807, 2.05) is 23.2 Å². The Bertz CT molecular complexity index is 1500. The molecule has 4 aromatic rings. The summed E-state index contributed by atoms with van der Waals surface area (Å²) in [5.74, 6) is 2.81. The van der Waals surface area contributed by atoms with Crippen molar-refractivity contribution in [2.45, 2.75) is 63.5 Å². The first-order chi connectivity index (χ1) is 21.1. The molecule has 2 fully saturated rings. The van der Waals surface area contributed by atoms with Gasteiger partial charge in [-0.2, -0.15) is 0 Å². The van der Waals surface area contributed by atoms with Crippen molar-refractivity contribution in [1.29, 1.82) is 0 Å². The summed E-state index contributed by atoms with van der Waals surface area (Å²) in [7, 11) is 1.74. The number of benzene rings is 2. The van der Waals surface area contributed by atoms with Crippen molar-refractivity contribution in [2.75, 3.05) is 33.4 Å². The Kier molecular flexibility index (Phi) is 9.34. The normalized spacial score (nSPS) is 17.7. The molecule has 0 radical (unpaired) electrons. The molecule has 1 amide bonds. The SMILES string of the molecule is COCCCn1c([C@@H]2CCCN(C(=O)C[C@H](N)Cc3ccc(-c4ccc(OCC5CC5)nc4)cc3)C2)nc2ccccc21. The number of nitrogens with zero attached hydrogens (tertiary/aromatic N) is 4. The molecule has 1 aliphatic heterocycles. The molecule has 0 bridgehead atoms. The summed E-state index contributed by atoms with van der Waals surface area (Å²) in [5.41, 5.74) is 12.0. The predicted octanol–water partition coefficient (Wildman–Crippen LogP) is 5.59. The summed E-state index contributed by atoms with van der Waals surface area (Å²) in [6, 6.07) is 20.4. The van der Waals surface area contributed by atoms with E-state index in [4.69, 9.17) is 20.2 Å². The minimum atomic E-state index is -0.234. The summed E-state index contributed by atoms with van der Waals surface area (Å²) in [6.45, 7) is 3.79. The highest BCUT2D eigenvalue weighted by Gasteiger charge is 2.29. The average molecular weight is 582 g/mol. The molecule has 2 aromatic carbocycles. The van der Waals surface area contributed by atoms with E-state index in [9.17, 15) is 4.79 Å². The molecule has 1 saturated heterocycles. The zero-order valence-electron chi connectivity index (χ0n) is 25.2. The second-order valence-electron chi connectivity index (χ2n) is 12.1. The number of pyridine rings is 1. The number of hydrogen-bond acceptors (Lipinski definition) is 6. The third kappa shape index (κ3) is 7.43. The number of para-hydroxylation sites is 2. The van der Waals surface area contributed by atoms with Crippen molar-refractivity contribution in [2.24, 2.45) is 11.7 Å². The molecule has 8 heteroatoms. The van der Waals surface area contributed by atoms with E-state index in [1.54, 1.807) is 7.11 Å². The third-order valence-electron chi connectivity index (χ3n) is 8.68. The number of imidazole rings is 1. The van der Waals surface area contributed by atoms with Crippen molar-refractivity contribution in [3.05, 3.63) is 78.2 Å². The molecule has 2 aromatic heterocycles. The van der Waals surface area contributed by atoms with Crippen LogP contribution in [0.3, 0.4) is 0 Å². The van der Waals surface area contributed by atoms with Crippen LogP contribution in [0, 0.1) is 5.92 Å². The number of piperidine rings is 1. The second-order valence-corrected chi connectivity index (χ2v) is 12.1. The number of methoxy groups -OCH3 is 1. The van der Waals surface area contributed by atoms with E-state index >= 15 is 0 Å². The fraction of sp³-hybridized carbons (Fsp3) is 0.457. The number of aromatic nitrogens is 3. The van der Waals surface area contributed by atoms with Crippen molar-refractivity contribution >= 4 is 16.9 Å². The van der Waals surface area contributed by atoms with Crippen LogP contribution in [0.4, 0.5) is 0 Å². The first-order valence-corrected chi connectivity index (χ1v) is 15.7. The molecule has 226 valence electrons. The number of ether oxygens (including phenoxy) is 2. The van der Waals surface area contributed by atoms with Crippen LogP contribution < -0.4 is 10.5 Å². The number of nitrogens with two attached hydrogens (primary N) is 1. The summed E-state index contributed by atoms with van der Waals surface area (Å²) >= 11 is 0. The van der Waals surface area contributed by atoms with E-state index in [0.29, 0.717) is 37.8 Å². The number of hydrogen-bond donors (Lipinski definition) is 1. The highest BCUT2D eigenvalue weighted by Crippen LogP contribution is 2.31. The van der Waals surface area contributed by atoms with Crippen molar-refractivity contribution in [1.82, 2.24) is 19.4 Å². The summed E-state index contributed by atoms with van der Waals surface area (Å²) in [4.78, 5) is 24.9. The molecule has 1 saturated carbocycles. The smallest absolute Gasteiger partial charge is 0.224 e. The maximum absolute atomic E-state index is 13.4. The van der Waals surface area contributed by atoms with Gasteiger partial charge in [0.1, 0.15) is 5.82 Å². The van der Waals surface area contributed by atoms with Crippen molar-refractivity contribution < 1.29 is 14.3 Å². The third-order valence-corrected chi connectivity index (χ3v) is 8.68. The van der Waals surface area contributed by atoms with E-state index < -0.39 is 0 Å². The van der Waals surface area contributed by atoms with Gasteiger partial charge in [0.25, 0.3) is 0 Å². The number of aryl methyl sites for hydroxylation is 1. The molecule has 2 aliphatic rings. The standard InChI is InChI=1S/C35H43N5O3/c1-42-19-5-18-40-32-8-3-2-7-31(32)38-35(40)29-6-4-17-39(23-29)34(41)21-30(36)20-25-11-13-27(14-12-25)28-15-16-33(37-22-28)43-24-26-9-10-26/h2-3,7-8,11-16,22,26,29-30H,4-6,9-10,17-21,23-24,36H2,1H3/t29-,30-/m1/s1. The Labute approximate surface area is 254 Å². The van der Waals surface area contributed by atoms with Gasteiger partial charge in [-0.05, 0) is 73.8 Å². The van der Waals surface area contributed by atoms with Gasteiger partial charge in [0, 0.05) is 69.6 Å². The van der Waals surface area contributed by atoms with Gasteiger partial charge in [-0.1, -0.05) is 36.4 Å². The zero-order valence-corrected chi connectivity index (χ0v) is 25.2. The number of carbonyl (C=O) groups is 1. The molecular weight excluding hydrogens is 538 g/mol. The van der Waals surface area contributed by atoms with Gasteiger partial charge in [-0.15, -0.1) is 0 Å². The molecular formula is C35H43N5O3. The van der Waals surface area contributed by atoms with Crippen LogP contribution >= 0.6 is 0 Å². The lowest BCUT2D eigenvalue weighted by Crippen LogP contribution is -2.42. The zero-order chi connectivity index (χ0) is 29.6. The molecule has 8 nitrogen and oxygen atoms in total. The topological polar surface area (TPSA) is 95.5 Å². The predicted molar refractivity (Wildman–Crippen MR) is 169 cm³/mol. The Balaban J connectivity index is 1.03. The highest BCUT2D eigenvalue weighted by atomic mass is 16.5. The first-order valence-electron chi connectivity index (χ1n) is 15.7. The van der Waals surface area contributed by atoms with Crippen LogP contribution in [-0.4, -0.2) is 64.8 Å². The van der Waals surface area contributed by atoms with E-state index in [-0.39, 0.29) is 17.9 Å². The fourth-order valence-corrected chi connectivity index (χ4v) is 6.11. The van der Waals surface area contributed by atoms with E-state index in [1.165, 1.54) is 12.8 Å². The average Bonchev–Trinajstić information content (AvgIpc) is 3.80. The molecule has 1 aliphatic carbocycles. The van der Waals surface area contributed by atoms with Gasteiger partial charge in [0.2, 0.25) is 11.8 Å². The molecule has 0 spiro atoms. The Hall–Kier alpha value is -3.75. The van der Waals surface area contributed by atoms with Crippen LogP contribution in [0.15, 0.2) is 66.9 Å². The van der Waals surface area contributed by atoms with Gasteiger partial charge in [0.05, 0.1) is 17.6 Å². The first kappa shape index (κ1) is 29.3. The lowest BCUT2D eigenvalue weighted by atomic mass is 9.95. The van der Waals surface area contributed by atoms with E-state index in [2.05, 4.69) is 58.1 Å². The summed E-state index contributed by atoms with van der Waals surface area (Å²) in [6.07, 6.45) is 8.31. The Morgan fingerprint density at radius 2 is 1.86 bits per heavy atom. The number of fused-ring (bicyclic) bond motifs is 1. The minimum Gasteiger partial charge on any atom is -0.477 e. The van der Waals surface area contributed by atoms with Gasteiger partial charge < -0.3 is 24.7 Å². The van der Waals surface area contributed by atoms with Crippen LogP contribution in [-0.2, 0) is 22.5 Å². The van der Waals surface area contributed by atoms with Crippen LogP contribution in [0.5, 0.6) is 5.88 Å². The monoisotopic (exact) mass is 581 g/mol. The number of amides is 1. The molecule has 2 N–H and O–H groups in total. The second kappa shape index (κ2) is 13.7. The van der Waals surface area contributed by atoms with Crippen molar-refractivity contribution in [3.63, 3.8) is 0 Å². The minimum absolute atomic E-state index is 0.130. The maximum atomic E-state index is 13.4. The summed E-state index contributed by atoms with van der Waals surface area (Å²) < 4.78 is 13.4. The Morgan fingerprint density at radius 3 is 2.63 bits per heavy atom. The molecule has 43 heavy (non-hydrogen) atoms. The van der Waals surface area contributed by atoms with Gasteiger partial charge >= 0.3 is 0 Å². The number of carbonyl (C=O) groups excluding carboxylic acids is 1. The summed E-state index contributed by atoms with van der Waals surface area (Å²) in [5, 5.41) is 0. The molecule has 2 atom stereocenters. The van der Waals surface area contributed by atoms with Gasteiger partial charge in [-0.25, -0.2) is 9.97 Å². The lowest BCUT2D eigenvalue weighted by Gasteiger charge is -2.33. The quantitative estimate of drug-likeness (QED) is 0.207. The van der Waals surface area contributed by atoms with Gasteiger partial charge in [0.15, 0.2) is 0 Å². The maximum Gasteiger partial charge on any atom is 0.224 e. The van der Waals surface area contributed by atoms with Crippen LogP contribution in [0.2, 0.25) is 0 Å². The van der Waals surface area contributed by atoms with Crippen LogP contribution in [0.1, 0.15) is 55.8 Å². The lowest BCUT2D eigenvalue weighted by molar-refractivity contribution is -0.132. The molecule has 0 unspecified atom stereocenters. The Morgan fingerprint density at radius 1 is 1.05 bits per heavy atom.